The fourth-order valence-electron chi connectivity index (χ4n) is 1.82. The number of hydrogen-bond acceptors (Lipinski definition) is 5. The maximum Gasteiger partial charge on any atom is 0.306 e. The van der Waals surface area contributed by atoms with Crippen molar-refractivity contribution < 1.29 is 22.1 Å². The molecule has 0 amide bonds. The summed E-state index contributed by atoms with van der Waals surface area (Å²) in [5.41, 5.74) is 1.32. The molecule has 0 aliphatic heterocycles. The number of benzene rings is 2. The quantitative estimate of drug-likeness (QED) is 0.579. The molecule has 6 heteroatoms. The van der Waals surface area contributed by atoms with Crippen LogP contribution in [0.5, 0.6) is 5.75 Å². The van der Waals surface area contributed by atoms with Gasteiger partial charge in [0.15, 0.2) is 5.78 Å². The average Bonchev–Trinajstić information content (AvgIpc) is 2.47. The molecular formula is C16H16O5S. The van der Waals surface area contributed by atoms with Crippen LogP contribution < -0.4 is 4.18 Å². The van der Waals surface area contributed by atoms with Crippen LogP contribution in [0.1, 0.15) is 15.9 Å². The molecule has 2 aromatic rings. The van der Waals surface area contributed by atoms with Gasteiger partial charge in [-0.2, -0.15) is 8.42 Å². The molecule has 0 atom stereocenters. The van der Waals surface area contributed by atoms with Crippen LogP contribution >= 0.6 is 0 Å². The maximum absolute atomic E-state index is 12.0. The zero-order chi connectivity index (χ0) is 16.0. The topological polar surface area (TPSA) is 69.7 Å². The van der Waals surface area contributed by atoms with Crippen molar-refractivity contribution in [2.45, 2.75) is 6.61 Å². The zero-order valence-corrected chi connectivity index (χ0v) is 12.9. The average molecular weight is 320 g/mol. The third-order valence-corrected chi connectivity index (χ3v) is 3.24. The first kappa shape index (κ1) is 16.2. The minimum atomic E-state index is -3.62. The number of carbonyl (C=O) groups excluding carboxylic acids is 1. The molecule has 0 aromatic heterocycles. The van der Waals surface area contributed by atoms with E-state index in [4.69, 9.17) is 8.92 Å². The van der Waals surface area contributed by atoms with E-state index in [-0.39, 0.29) is 18.1 Å². The Morgan fingerprint density at radius 2 is 1.77 bits per heavy atom. The first-order valence-corrected chi connectivity index (χ1v) is 8.40. The number of rotatable bonds is 7. The van der Waals surface area contributed by atoms with Gasteiger partial charge in [0.05, 0.1) is 12.9 Å². The zero-order valence-electron chi connectivity index (χ0n) is 12.1. The number of ether oxygens (including phenoxy) is 1. The minimum absolute atomic E-state index is 0.0861. The Balaban J connectivity index is 1.93. The summed E-state index contributed by atoms with van der Waals surface area (Å²) in [4.78, 5) is 12.0. The van der Waals surface area contributed by atoms with Crippen molar-refractivity contribution in [2.75, 3.05) is 12.9 Å². The Labute approximate surface area is 129 Å². The summed E-state index contributed by atoms with van der Waals surface area (Å²) in [6.45, 7) is 0.253. The standard InChI is InChI=1S/C16H16O5S/c1-22(18,19)21-15-9-5-8-14(10-15)16(17)12-20-11-13-6-3-2-4-7-13/h2-10H,11-12H2,1H3. The monoisotopic (exact) mass is 320 g/mol. The van der Waals surface area contributed by atoms with E-state index in [9.17, 15) is 13.2 Å². The summed E-state index contributed by atoms with van der Waals surface area (Å²) in [5.74, 6) is -0.133. The molecule has 5 nitrogen and oxygen atoms in total. The van der Waals surface area contributed by atoms with E-state index in [0.717, 1.165) is 11.8 Å². The highest BCUT2D eigenvalue weighted by Gasteiger charge is 2.10. The second kappa shape index (κ2) is 7.20. The summed E-state index contributed by atoms with van der Waals surface area (Å²) in [5, 5.41) is 0. The molecule has 2 aromatic carbocycles. The van der Waals surface area contributed by atoms with Gasteiger partial charge < -0.3 is 8.92 Å². The maximum atomic E-state index is 12.0. The van der Waals surface area contributed by atoms with Crippen molar-refractivity contribution in [3.8, 4) is 5.75 Å². The van der Waals surface area contributed by atoms with Gasteiger partial charge in [-0.05, 0) is 17.7 Å². The molecule has 22 heavy (non-hydrogen) atoms. The highest BCUT2D eigenvalue weighted by atomic mass is 32.2. The molecule has 0 spiro atoms. The van der Waals surface area contributed by atoms with Gasteiger partial charge in [0.25, 0.3) is 0 Å². The van der Waals surface area contributed by atoms with Crippen molar-refractivity contribution in [2.24, 2.45) is 0 Å². The lowest BCUT2D eigenvalue weighted by Crippen LogP contribution is -2.10. The fraction of sp³-hybridized carbons (Fsp3) is 0.188. The van der Waals surface area contributed by atoms with E-state index in [1.165, 1.54) is 12.1 Å². The summed E-state index contributed by atoms with van der Waals surface area (Å²) < 4.78 is 32.3. The molecule has 0 aliphatic carbocycles. The van der Waals surface area contributed by atoms with Crippen LogP contribution in [0.25, 0.3) is 0 Å². The Bertz CT molecular complexity index is 738. The molecule has 0 saturated heterocycles. The van der Waals surface area contributed by atoms with Gasteiger partial charge in [-0.3, -0.25) is 4.79 Å². The number of hydrogen-bond donors (Lipinski definition) is 0. The number of carbonyl (C=O) groups is 1. The van der Waals surface area contributed by atoms with Crippen LogP contribution in [0.15, 0.2) is 54.6 Å². The predicted molar refractivity (Wildman–Crippen MR) is 82.3 cm³/mol. The van der Waals surface area contributed by atoms with Gasteiger partial charge in [-0.15, -0.1) is 0 Å². The van der Waals surface area contributed by atoms with Crippen molar-refractivity contribution in [3.63, 3.8) is 0 Å². The van der Waals surface area contributed by atoms with E-state index in [1.807, 2.05) is 30.3 Å². The van der Waals surface area contributed by atoms with Crippen LogP contribution in [0.3, 0.4) is 0 Å². The Kier molecular flexibility index (Phi) is 5.30. The van der Waals surface area contributed by atoms with E-state index < -0.39 is 10.1 Å². The van der Waals surface area contributed by atoms with Gasteiger partial charge in [-0.1, -0.05) is 42.5 Å². The van der Waals surface area contributed by atoms with Crippen molar-refractivity contribution in [1.82, 2.24) is 0 Å². The molecule has 0 N–H and O–H groups in total. The van der Waals surface area contributed by atoms with Gasteiger partial charge in [0.1, 0.15) is 12.4 Å². The highest BCUT2D eigenvalue weighted by Crippen LogP contribution is 2.15. The second-order valence-electron chi connectivity index (χ2n) is 4.72. The predicted octanol–water partition coefficient (Wildman–Crippen LogP) is 2.42. The smallest absolute Gasteiger partial charge is 0.306 e. The van der Waals surface area contributed by atoms with E-state index in [0.29, 0.717) is 12.2 Å². The van der Waals surface area contributed by atoms with Crippen LogP contribution in [-0.4, -0.2) is 27.1 Å². The van der Waals surface area contributed by atoms with E-state index >= 15 is 0 Å². The molecular weight excluding hydrogens is 304 g/mol. The van der Waals surface area contributed by atoms with Gasteiger partial charge >= 0.3 is 10.1 Å². The molecule has 0 heterocycles. The Morgan fingerprint density at radius 3 is 2.45 bits per heavy atom. The van der Waals surface area contributed by atoms with Gasteiger partial charge in [0, 0.05) is 5.56 Å². The lowest BCUT2D eigenvalue weighted by atomic mass is 10.1. The van der Waals surface area contributed by atoms with Crippen molar-refractivity contribution in [1.29, 1.82) is 0 Å². The Morgan fingerprint density at radius 1 is 1.05 bits per heavy atom. The first-order valence-electron chi connectivity index (χ1n) is 6.58. The second-order valence-corrected chi connectivity index (χ2v) is 6.29. The molecule has 0 saturated carbocycles. The van der Waals surface area contributed by atoms with Gasteiger partial charge in [-0.25, -0.2) is 0 Å². The lowest BCUT2D eigenvalue weighted by Gasteiger charge is -2.06. The van der Waals surface area contributed by atoms with Crippen LogP contribution in [0.2, 0.25) is 0 Å². The van der Waals surface area contributed by atoms with E-state index in [2.05, 4.69) is 0 Å². The minimum Gasteiger partial charge on any atom is -0.383 e. The van der Waals surface area contributed by atoms with Crippen LogP contribution in [0.4, 0.5) is 0 Å². The van der Waals surface area contributed by atoms with Crippen LogP contribution in [-0.2, 0) is 21.5 Å². The third kappa shape index (κ3) is 5.31. The largest absolute Gasteiger partial charge is 0.383 e. The Hall–Kier alpha value is -2.18. The van der Waals surface area contributed by atoms with Crippen LogP contribution in [0, 0.1) is 0 Å². The fourth-order valence-corrected chi connectivity index (χ4v) is 2.27. The molecule has 2 rings (SSSR count). The molecule has 0 aliphatic rings. The van der Waals surface area contributed by atoms with Gasteiger partial charge in [0.2, 0.25) is 0 Å². The third-order valence-electron chi connectivity index (χ3n) is 2.75. The summed E-state index contributed by atoms with van der Waals surface area (Å²) in [6.07, 6.45) is 0.949. The SMILES string of the molecule is CS(=O)(=O)Oc1cccc(C(=O)COCc2ccccc2)c1. The normalized spacial score (nSPS) is 11.1. The molecule has 116 valence electrons. The van der Waals surface area contributed by atoms with E-state index in [1.54, 1.807) is 12.1 Å². The van der Waals surface area contributed by atoms with Crippen molar-refractivity contribution >= 4 is 15.9 Å². The van der Waals surface area contributed by atoms with Crippen molar-refractivity contribution in [3.05, 3.63) is 65.7 Å². The summed E-state index contributed by atoms with van der Waals surface area (Å²) in [7, 11) is -3.62. The molecule has 0 radical (unpaired) electrons. The molecule has 0 unspecified atom stereocenters. The molecule has 0 bridgehead atoms. The number of ketones is 1. The molecule has 0 fully saturated rings. The number of Topliss-reactive ketones (excluding diaryl/α,β-unsaturated/α-hetero) is 1. The summed E-state index contributed by atoms with van der Waals surface area (Å²) >= 11 is 0. The highest BCUT2D eigenvalue weighted by molar-refractivity contribution is 7.86. The first-order chi connectivity index (χ1) is 10.4. The lowest BCUT2D eigenvalue weighted by molar-refractivity contribution is 0.0726. The summed E-state index contributed by atoms with van der Waals surface area (Å²) in [6, 6.07) is 15.5.